The predicted molar refractivity (Wildman–Crippen MR) is 81.4 cm³/mol. The van der Waals surface area contributed by atoms with E-state index < -0.39 is 0 Å². The Hall–Kier alpha value is -0.690. The highest BCUT2D eigenvalue weighted by Crippen LogP contribution is 2.22. The number of hydrogen-bond acceptors (Lipinski definition) is 2. The minimum atomic E-state index is -0.346. The second-order valence-electron chi connectivity index (χ2n) is 5.05. The van der Waals surface area contributed by atoms with Crippen LogP contribution in [0.1, 0.15) is 36.5 Å². The normalized spacial score (nSPS) is 21.3. The van der Waals surface area contributed by atoms with Crippen LogP contribution in [0.3, 0.4) is 0 Å². The van der Waals surface area contributed by atoms with Gasteiger partial charge in [-0.25, -0.2) is 4.39 Å². The molecule has 0 radical (unpaired) electrons. The third kappa shape index (κ3) is 3.25. The summed E-state index contributed by atoms with van der Waals surface area (Å²) in [4.78, 5) is 14.3. The number of carbonyl (C=O) groups excluding carboxylic acids is 1. The molecule has 19 heavy (non-hydrogen) atoms. The number of benzene rings is 1. The summed E-state index contributed by atoms with van der Waals surface area (Å²) in [7, 11) is 0. The van der Waals surface area contributed by atoms with Crippen LogP contribution in [0.15, 0.2) is 18.2 Å². The van der Waals surface area contributed by atoms with Crippen LogP contribution in [0, 0.1) is 9.39 Å². The van der Waals surface area contributed by atoms with Crippen molar-refractivity contribution in [2.75, 3.05) is 6.54 Å². The van der Waals surface area contributed by atoms with E-state index in [2.05, 4.69) is 0 Å². The van der Waals surface area contributed by atoms with E-state index in [1.54, 1.807) is 17.0 Å². The predicted octanol–water partition coefficient (Wildman–Crippen LogP) is 2.77. The van der Waals surface area contributed by atoms with Crippen molar-refractivity contribution in [3.05, 3.63) is 33.1 Å². The molecule has 5 heteroatoms. The number of likely N-dealkylation sites (tertiary alicyclic amines) is 1. The molecule has 0 aliphatic carbocycles. The Kier molecular flexibility index (Phi) is 4.78. The molecule has 2 rings (SSSR count). The zero-order valence-corrected chi connectivity index (χ0v) is 13.1. The summed E-state index contributed by atoms with van der Waals surface area (Å²) in [6, 6.07) is 4.63. The van der Waals surface area contributed by atoms with Crippen molar-refractivity contribution in [1.82, 2.24) is 4.90 Å². The Balaban J connectivity index is 2.23. The molecule has 0 bridgehead atoms. The van der Waals surface area contributed by atoms with Crippen LogP contribution in [-0.2, 0) is 0 Å². The lowest BCUT2D eigenvalue weighted by Crippen LogP contribution is -2.51. The molecule has 1 aliphatic rings. The molecule has 104 valence electrons. The average molecular weight is 376 g/mol. The number of amides is 1. The number of carbonyl (C=O) groups is 1. The Morgan fingerprint density at radius 2 is 2.26 bits per heavy atom. The van der Waals surface area contributed by atoms with Gasteiger partial charge in [0, 0.05) is 27.8 Å². The van der Waals surface area contributed by atoms with Gasteiger partial charge in [-0.3, -0.25) is 4.79 Å². The summed E-state index contributed by atoms with van der Waals surface area (Å²) >= 11 is 1.91. The van der Waals surface area contributed by atoms with Gasteiger partial charge in [0.15, 0.2) is 0 Å². The monoisotopic (exact) mass is 376 g/mol. The molecule has 1 fully saturated rings. The van der Waals surface area contributed by atoms with Gasteiger partial charge in [0.1, 0.15) is 5.82 Å². The highest BCUT2D eigenvalue weighted by molar-refractivity contribution is 14.1. The molecule has 2 atom stereocenters. The van der Waals surface area contributed by atoms with Crippen molar-refractivity contribution < 1.29 is 9.18 Å². The van der Waals surface area contributed by atoms with Crippen LogP contribution in [0.2, 0.25) is 0 Å². The summed E-state index contributed by atoms with van der Waals surface area (Å²) in [6.07, 6.45) is 3.01. The standard InChI is InChI=1S/C14H18FIN2O/c1-9(17)13-4-2-3-7-18(13)14(19)10-5-6-12(16)11(15)8-10/h5-6,8-9,13H,2-4,7,17H2,1H3. The van der Waals surface area contributed by atoms with Gasteiger partial charge >= 0.3 is 0 Å². The van der Waals surface area contributed by atoms with Gasteiger partial charge in [-0.2, -0.15) is 0 Å². The fraction of sp³-hybridized carbons (Fsp3) is 0.500. The molecule has 1 aliphatic heterocycles. The van der Waals surface area contributed by atoms with E-state index in [-0.39, 0.29) is 23.8 Å². The Morgan fingerprint density at radius 3 is 2.89 bits per heavy atom. The summed E-state index contributed by atoms with van der Waals surface area (Å²) in [5.74, 6) is -0.460. The topological polar surface area (TPSA) is 46.3 Å². The molecule has 0 spiro atoms. The largest absolute Gasteiger partial charge is 0.334 e. The first-order chi connectivity index (χ1) is 9.00. The average Bonchev–Trinajstić information content (AvgIpc) is 2.41. The van der Waals surface area contributed by atoms with Gasteiger partial charge in [-0.05, 0) is 67.0 Å². The van der Waals surface area contributed by atoms with Crippen LogP contribution < -0.4 is 5.73 Å². The molecule has 1 heterocycles. The number of rotatable bonds is 2. The summed E-state index contributed by atoms with van der Waals surface area (Å²) < 4.78 is 14.1. The molecule has 2 N–H and O–H groups in total. The lowest BCUT2D eigenvalue weighted by atomic mass is 9.96. The smallest absolute Gasteiger partial charge is 0.254 e. The molecule has 0 aromatic heterocycles. The molecular weight excluding hydrogens is 358 g/mol. The van der Waals surface area contributed by atoms with Gasteiger partial charge in [-0.15, -0.1) is 0 Å². The maximum absolute atomic E-state index is 13.6. The maximum atomic E-state index is 13.6. The molecule has 1 aromatic rings. The number of nitrogens with two attached hydrogens (primary N) is 1. The highest BCUT2D eigenvalue weighted by atomic mass is 127. The van der Waals surface area contributed by atoms with E-state index in [1.807, 2.05) is 29.5 Å². The molecule has 2 unspecified atom stereocenters. The van der Waals surface area contributed by atoms with E-state index >= 15 is 0 Å². The number of halogens is 2. The Labute approximate surface area is 126 Å². The van der Waals surface area contributed by atoms with E-state index in [0.717, 1.165) is 19.3 Å². The number of hydrogen-bond donors (Lipinski definition) is 1. The summed E-state index contributed by atoms with van der Waals surface area (Å²) in [6.45, 7) is 2.63. The Bertz CT molecular complexity index is 479. The molecule has 3 nitrogen and oxygen atoms in total. The van der Waals surface area contributed by atoms with Gasteiger partial charge in [0.25, 0.3) is 5.91 Å². The van der Waals surface area contributed by atoms with Crippen molar-refractivity contribution in [3.8, 4) is 0 Å². The van der Waals surface area contributed by atoms with Crippen LogP contribution in [0.5, 0.6) is 0 Å². The van der Waals surface area contributed by atoms with Crippen LogP contribution in [0.4, 0.5) is 4.39 Å². The fourth-order valence-corrected chi connectivity index (χ4v) is 2.89. The number of nitrogens with zero attached hydrogens (tertiary/aromatic N) is 1. The summed E-state index contributed by atoms with van der Waals surface area (Å²) in [5.41, 5.74) is 6.37. The minimum absolute atomic E-state index is 0.0575. The Morgan fingerprint density at radius 1 is 1.53 bits per heavy atom. The third-order valence-corrected chi connectivity index (χ3v) is 4.46. The first-order valence-corrected chi connectivity index (χ1v) is 7.60. The van der Waals surface area contributed by atoms with Crippen molar-refractivity contribution in [1.29, 1.82) is 0 Å². The summed E-state index contributed by atoms with van der Waals surface area (Å²) in [5, 5.41) is 0. The maximum Gasteiger partial charge on any atom is 0.254 e. The SMILES string of the molecule is CC(N)C1CCCCN1C(=O)c1ccc(I)c(F)c1. The minimum Gasteiger partial charge on any atom is -0.334 e. The van der Waals surface area contributed by atoms with Crippen molar-refractivity contribution in [2.45, 2.75) is 38.3 Å². The third-order valence-electron chi connectivity index (χ3n) is 3.58. The van der Waals surface area contributed by atoms with E-state index in [0.29, 0.717) is 15.7 Å². The quantitative estimate of drug-likeness (QED) is 0.807. The van der Waals surface area contributed by atoms with Crippen LogP contribution in [0.25, 0.3) is 0 Å². The highest BCUT2D eigenvalue weighted by Gasteiger charge is 2.29. The van der Waals surface area contributed by atoms with E-state index in [1.165, 1.54) is 6.07 Å². The molecule has 1 saturated heterocycles. The first-order valence-electron chi connectivity index (χ1n) is 6.52. The molecule has 1 amide bonds. The van der Waals surface area contributed by atoms with Gasteiger partial charge in [0.2, 0.25) is 0 Å². The second-order valence-corrected chi connectivity index (χ2v) is 6.21. The lowest BCUT2D eigenvalue weighted by Gasteiger charge is -2.38. The fourth-order valence-electron chi connectivity index (χ4n) is 2.55. The van der Waals surface area contributed by atoms with Gasteiger partial charge < -0.3 is 10.6 Å². The molecule has 1 aromatic carbocycles. The van der Waals surface area contributed by atoms with Crippen molar-refractivity contribution in [2.24, 2.45) is 5.73 Å². The van der Waals surface area contributed by atoms with Crippen molar-refractivity contribution >= 4 is 28.5 Å². The zero-order valence-electron chi connectivity index (χ0n) is 10.9. The first kappa shape index (κ1) is 14.7. The second kappa shape index (κ2) is 6.17. The molecular formula is C14H18FIN2O. The molecule has 0 saturated carbocycles. The van der Waals surface area contributed by atoms with Gasteiger partial charge in [-0.1, -0.05) is 0 Å². The van der Waals surface area contributed by atoms with Gasteiger partial charge in [0.05, 0.1) is 0 Å². The van der Waals surface area contributed by atoms with E-state index in [9.17, 15) is 9.18 Å². The number of piperidine rings is 1. The zero-order chi connectivity index (χ0) is 14.0. The lowest BCUT2D eigenvalue weighted by molar-refractivity contribution is 0.0583. The van der Waals surface area contributed by atoms with Crippen LogP contribution >= 0.6 is 22.6 Å². The van der Waals surface area contributed by atoms with E-state index in [4.69, 9.17) is 5.73 Å². The van der Waals surface area contributed by atoms with Crippen LogP contribution in [-0.4, -0.2) is 29.4 Å². The van der Waals surface area contributed by atoms with Crippen molar-refractivity contribution in [3.63, 3.8) is 0 Å².